The topological polar surface area (TPSA) is 12.0 Å². The molecule has 3 aromatic rings. The van der Waals surface area contributed by atoms with Gasteiger partial charge in [-0.25, -0.2) is 0 Å². The SMILES string of the molecule is CCCCCCNCCC[P+](c1ccccc1)(c1ccccc1)c1ccccc1. The summed E-state index contributed by atoms with van der Waals surface area (Å²) < 4.78 is 0. The summed E-state index contributed by atoms with van der Waals surface area (Å²) in [4.78, 5) is 0. The maximum absolute atomic E-state index is 3.69. The fourth-order valence-corrected chi connectivity index (χ4v) is 8.47. The lowest BCUT2D eigenvalue weighted by atomic mass is 10.2. The molecule has 1 N–H and O–H groups in total. The van der Waals surface area contributed by atoms with Gasteiger partial charge in [0, 0.05) is 0 Å². The van der Waals surface area contributed by atoms with Crippen LogP contribution in [-0.4, -0.2) is 19.3 Å². The fourth-order valence-electron chi connectivity index (χ4n) is 4.12. The van der Waals surface area contributed by atoms with Crippen LogP contribution >= 0.6 is 7.26 Å². The Kier molecular flexibility index (Phi) is 8.93. The molecule has 0 amide bonds. The van der Waals surface area contributed by atoms with Gasteiger partial charge >= 0.3 is 0 Å². The highest BCUT2D eigenvalue weighted by molar-refractivity contribution is 7.95. The molecule has 2 heteroatoms. The highest BCUT2D eigenvalue weighted by Crippen LogP contribution is 2.55. The van der Waals surface area contributed by atoms with Crippen molar-refractivity contribution in [3.8, 4) is 0 Å². The van der Waals surface area contributed by atoms with Crippen LogP contribution in [0.5, 0.6) is 0 Å². The molecule has 0 aliphatic carbocycles. The van der Waals surface area contributed by atoms with Crippen LogP contribution in [0.2, 0.25) is 0 Å². The fraction of sp³-hybridized carbons (Fsp3) is 0.333. The molecule has 0 aliphatic heterocycles. The molecule has 0 radical (unpaired) electrons. The Labute approximate surface area is 177 Å². The number of hydrogen-bond donors (Lipinski definition) is 1. The van der Waals surface area contributed by atoms with E-state index in [1.165, 1.54) is 54.2 Å². The van der Waals surface area contributed by atoms with Crippen molar-refractivity contribution in [1.29, 1.82) is 0 Å². The van der Waals surface area contributed by atoms with E-state index >= 15 is 0 Å². The number of benzene rings is 3. The Balaban J connectivity index is 1.83. The standard InChI is InChI=1S/C27H35NP/c1-2-3-4-14-22-28-23-15-24-29(25-16-8-5-9-17-25,26-18-10-6-11-19-26)27-20-12-7-13-21-27/h5-13,16-21,28H,2-4,14-15,22-24H2,1H3/q+1. The maximum atomic E-state index is 3.69. The Bertz CT molecular complexity index is 705. The minimum absolute atomic E-state index is 1.10. The van der Waals surface area contributed by atoms with Crippen LogP contribution in [0.4, 0.5) is 0 Å². The zero-order valence-electron chi connectivity index (χ0n) is 17.8. The highest BCUT2D eigenvalue weighted by Gasteiger charge is 2.44. The first kappa shape index (κ1) is 21.8. The summed E-state index contributed by atoms with van der Waals surface area (Å²) >= 11 is 0. The summed E-state index contributed by atoms with van der Waals surface area (Å²) in [5.41, 5.74) is 0. The van der Waals surface area contributed by atoms with Crippen LogP contribution in [0.15, 0.2) is 91.0 Å². The normalized spacial score (nSPS) is 11.5. The predicted octanol–water partition coefficient (Wildman–Crippen LogP) is 5.54. The molecule has 0 unspecified atom stereocenters. The third-order valence-electron chi connectivity index (χ3n) is 5.65. The van der Waals surface area contributed by atoms with Gasteiger partial charge in [0.25, 0.3) is 0 Å². The molecule has 0 heterocycles. The molecule has 0 bridgehead atoms. The van der Waals surface area contributed by atoms with E-state index in [1.54, 1.807) is 0 Å². The Hall–Kier alpha value is -1.95. The maximum Gasteiger partial charge on any atom is 0.112 e. The van der Waals surface area contributed by atoms with E-state index in [2.05, 4.69) is 103 Å². The Morgan fingerprint density at radius 1 is 0.552 bits per heavy atom. The van der Waals surface area contributed by atoms with Crippen molar-refractivity contribution in [3.05, 3.63) is 91.0 Å². The van der Waals surface area contributed by atoms with E-state index in [-0.39, 0.29) is 0 Å². The van der Waals surface area contributed by atoms with Crippen LogP contribution in [-0.2, 0) is 0 Å². The predicted molar refractivity (Wildman–Crippen MR) is 132 cm³/mol. The average molecular weight is 405 g/mol. The number of rotatable bonds is 12. The van der Waals surface area contributed by atoms with E-state index < -0.39 is 7.26 Å². The van der Waals surface area contributed by atoms with Crippen LogP contribution in [0.25, 0.3) is 0 Å². The van der Waals surface area contributed by atoms with Crippen molar-refractivity contribution in [1.82, 2.24) is 5.32 Å². The van der Waals surface area contributed by atoms with Gasteiger partial charge in [0.05, 0.1) is 6.16 Å². The summed E-state index contributed by atoms with van der Waals surface area (Å²) in [6, 6.07) is 33.6. The van der Waals surface area contributed by atoms with E-state index in [0.29, 0.717) is 0 Å². The second kappa shape index (κ2) is 11.9. The molecular formula is C27H35NP+. The van der Waals surface area contributed by atoms with Crippen molar-refractivity contribution in [3.63, 3.8) is 0 Å². The minimum atomic E-state index is -1.66. The van der Waals surface area contributed by atoms with E-state index in [0.717, 1.165) is 13.1 Å². The van der Waals surface area contributed by atoms with Gasteiger partial charge in [-0.05, 0) is 62.3 Å². The molecule has 0 aliphatic rings. The first-order valence-electron chi connectivity index (χ1n) is 11.1. The summed E-state index contributed by atoms with van der Waals surface area (Å²) in [5.74, 6) is 0. The van der Waals surface area contributed by atoms with Crippen molar-refractivity contribution < 1.29 is 0 Å². The van der Waals surface area contributed by atoms with Gasteiger partial charge in [-0.1, -0.05) is 80.8 Å². The van der Waals surface area contributed by atoms with E-state index in [9.17, 15) is 0 Å². The molecule has 0 fully saturated rings. The Morgan fingerprint density at radius 3 is 1.45 bits per heavy atom. The van der Waals surface area contributed by atoms with Gasteiger partial charge < -0.3 is 5.32 Å². The second-order valence-corrected chi connectivity index (χ2v) is 11.3. The molecule has 152 valence electrons. The average Bonchev–Trinajstić information content (AvgIpc) is 2.80. The minimum Gasteiger partial charge on any atom is -0.317 e. The third kappa shape index (κ3) is 5.78. The third-order valence-corrected chi connectivity index (χ3v) is 10.2. The zero-order valence-corrected chi connectivity index (χ0v) is 18.7. The Morgan fingerprint density at radius 2 is 1.00 bits per heavy atom. The summed E-state index contributed by atoms with van der Waals surface area (Å²) in [5, 5.41) is 8.15. The monoisotopic (exact) mass is 404 g/mol. The van der Waals surface area contributed by atoms with Crippen LogP contribution in [0.1, 0.15) is 39.0 Å². The highest BCUT2D eigenvalue weighted by atomic mass is 31.2. The van der Waals surface area contributed by atoms with Crippen LogP contribution in [0.3, 0.4) is 0 Å². The zero-order chi connectivity index (χ0) is 20.2. The largest absolute Gasteiger partial charge is 0.317 e. The van der Waals surface area contributed by atoms with Crippen molar-refractivity contribution in [2.75, 3.05) is 19.3 Å². The summed E-state index contributed by atoms with van der Waals surface area (Å²) in [6.45, 7) is 4.52. The second-order valence-electron chi connectivity index (χ2n) is 7.70. The molecule has 3 rings (SSSR count). The molecule has 0 aromatic heterocycles. The number of hydrogen-bond acceptors (Lipinski definition) is 1. The number of unbranched alkanes of at least 4 members (excludes halogenated alkanes) is 3. The van der Waals surface area contributed by atoms with E-state index in [4.69, 9.17) is 0 Å². The van der Waals surface area contributed by atoms with Gasteiger partial charge in [0.2, 0.25) is 0 Å². The van der Waals surface area contributed by atoms with Crippen molar-refractivity contribution in [2.45, 2.75) is 39.0 Å². The molecule has 29 heavy (non-hydrogen) atoms. The van der Waals surface area contributed by atoms with E-state index in [1.807, 2.05) is 0 Å². The van der Waals surface area contributed by atoms with Crippen LogP contribution < -0.4 is 21.2 Å². The molecular weight excluding hydrogens is 369 g/mol. The lowest BCUT2D eigenvalue weighted by Crippen LogP contribution is -2.34. The van der Waals surface area contributed by atoms with Crippen LogP contribution in [0, 0.1) is 0 Å². The smallest absolute Gasteiger partial charge is 0.112 e. The van der Waals surface area contributed by atoms with Gasteiger partial charge in [-0.2, -0.15) is 0 Å². The molecule has 3 aromatic carbocycles. The summed E-state index contributed by atoms with van der Waals surface area (Å²) in [6.07, 6.45) is 7.69. The van der Waals surface area contributed by atoms with Gasteiger partial charge in [-0.15, -0.1) is 0 Å². The van der Waals surface area contributed by atoms with Gasteiger partial charge in [-0.3, -0.25) is 0 Å². The lowest BCUT2D eigenvalue weighted by Gasteiger charge is -2.27. The van der Waals surface area contributed by atoms with Gasteiger partial charge in [0.15, 0.2) is 0 Å². The van der Waals surface area contributed by atoms with Gasteiger partial charge in [0.1, 0.15) is 23.2 Å². The molecule has 0 spiro atoms. The quantitative estimate of drug-likeness (QED) is 0.309. The molecule has 1 nitrogen and oxygen atoms in total. The van der Waals surface area contributed by atoms with Crippen molar-refractivity contribution in [2.24, 2.45) is 0 Å². The molecule has 0 saturated carbocycles. The molecule has 0 atom stereocenters. The summed E-state index contributed by atoms with van der Waals surface area (Å²) in [7, 11) is -1.66. The van der Waals surface area contributed by atoms with Crippen molar-refractivity contribution >= 4 is 23.2 Å². The first-order valence-corrected chi connectivity index (χ1v) is 13.1. The number of nitrogens with one attached hydrogen (secondary N) is 1. The first-order chi connectivity index (χ1) is 14.4. The lowest BCUT2D eigenvalue weighted by molar-refractivity contribution is 0.595. The molecule has 0 saturated heterocycles.